The minimum Gasteiger partial charge on any atom is -0.508 e. The van der Waals surface area contributed by atoms with E-state index in [0.29, 0.717) is 47.8 Å². The molecule has 2 heterocycles. The van der Waals surface area contributed by atoms with Crippen LogP contribution in [0.3, 0.4) is 0 Å². The van der Waals surface area contributed by atoms with Crippen LogP contribution in [-0.4, -0.2) is 31.3 Å². The van der Waals surface area contributed by atoms with Gasteiger partial charge in [0.1, 0.15) is 17.0 Å². The molecule has 1 fully saturated rings. The molecule has 0 saturated heterocycles. The van der Waals surface area contributed by atoms with Crippen molar-refractivity contribution in [2.24, 2.45) is 7.05 Å². The molecule has 0 radical (unpaired) electrons. The summed E-state index contributed by atoms with van der Waals surface area (Å²) >= 11 is 0. The number of rotatable bonds is 3. The third-order valence-electron chi connectivity index (χ3n) is 6.49. The summed E-state index contributed by atoms with van der Waals surface area (Å²) in [7, 11) is 1.69. The third kappa shape index (κ3) is 4.34. The van der Waals surface area contributed by atoms with E-state index in [2.05, 4.69) is 15.4 Å². The number of carbonyl (C=O) groups is 1. The summed E-state index contributed by atoms with van der Waals surface area (Å²) in [5.41, 5.74) is 5.96. The number of aromatic nitrogens is 3. The minimum atomic E-state index is -4.54. The molecule has 0 spiro atoms. The normalized spacial score (nSPS) is 21.3. The van der Waals surface area contributed by atoms with Crippen molar-refractivity contribution >= 4 is 22.6 Å². The Morgan fingerprint density at radius 2 is 1.97 bits per heavy atom. The summed E-state index contributed by atoms with van der Waals surface area (Å²) in [6.45, 7) is 3.56. The summed E-state index contributed by atoms with van der Waals surface area (Å²) < 4.78 is 41.1. The molecule has 2 aromatic heterocycles. The molecule has 1 aliphatic carbocycles. The van der Waals surface area contributed by atoms with Gasteiger partial charge in [-0.25, -0.2) is 4.98 Å². The Kier molecular flexibility index (Phi) is 5.50. The van der Waals surface area contributed by atoms with Crippen LogP contribution in [0.5, 0.6) is 5.75 Å². The van der Waals surface area contributed by atoms with Crippen molar-refractivity contribution in [2.45, 2.75) is 57.2 Å². The van der Waals surface area contributed by atoms with Crippen LogP contribution in [0.2, 0.25) is 0 Å². The molecule has 0 bridgehead atoms. The van der Waals surface area contributed by atoms with Gasteiger partial charge >= 0.3 is 6.18 Å². The van der Waals surface area contributed by atoms with E-state index in [4.69, 9.17) is 5.73 Å². The van der Waals surface area contributed by atoms with Crippen molar-refractivity contribution in [1.82, 2.24) is 20.1 Å². The number of carbonyl (C=O) groups excluding carboxylic acids is 1. The number of nitrogens with two attached hydrogens (primary N) is 1. The van der Waals surface area contributed by atoms with Gasteiger partial charge in [-0.1, -0.05) is 0 Å². The van der Waals surface area contributed by atoms with E-state index >= 15 is 0 Å². The predicted molar refractivity (Wildman–Crippen MR) is 118 cm³/mol. The number of nitrogens with one attached hydrogen (secondary N) is 1. The van der Waals surface area contributed by atoms with Crippen molar-refractivity contribution in [1.29, 1.82) is 0 Å². The predicted octanol–water partition coefficient (Wildman–Crippen LogP) is 4.43. The number of aryl methyl sites for hydroxylation is 2. The molecule has 0 atom stereocenters. The largest absolute Gasteiger partial charge is 0.508 e. The fourth-order valence-electron chi connectivity index (χ4n) is 4.79. The zero-order chi connectivity index (χ0) is 24.1. The highest BCUT2D eigenvalue weighted by Gasteiger charge is 2.37. The Bertz CT molecular complexity index is 1230. The van der Waals surface area contributed by atoms with Crippen LogP contribution in [0.25, 0.3) is 10.9 Å². The summed E-state index contributed by atoms with van der Waals surface area (Å²) in [6.07, 6.45) is -0.420. The van der Waals surface area contributed by atoms with Crippen LogP contribution in [0, 0.1) is 6.92 Å². The van der Waals surface area contributed by atoms with Crippen LogP contribution in [-0.2, 0) is 13.2 Å². The Morgan fingerprint density at radius 1 is 1.30 bits per heavy atom. The number of benzene rings is 1. The number of phenolic OH excluding ortho intramolecular Hbond substituents is 1. The van der Waals surface area contributed by atoms with Crippen molar-refractivity contribution in [3.8, 4) is 5.75 Å². The molecular formula is C23H26F3N5O2. The van der Waals surface area contributed by atoms with Gasteiger partial charge in [-0.05, 0) is 69.2 Å². The number of fused-ring (bicyclic) bond motifs is 1. The lowest BCUT2D eigenvalue weighted by Crippen LogP contribution is -2.48. The topological polar surface area (TPSA) is 106 Å². The van der Waals surface area contributed by atoms with Gasteiger partial charge in [-0.15, -0.1) is 0 Å². The molecule has 1 saturated carbocycles. The van der Waals surface area contributed by atoms with Crippen LogP contribution in [0.4, 0.5) is 19.0 Å². The molecule has 0 aliphatic heterocycles. The number of amides is 1. The standard InChI is InChI=1S/C23H26F3N5O2/c1-12-10-17(23(24,25)26)28-15-4-5-16(32)19(18(12)15)13-6-8-22(2,9-7-13)29-21(33)14-11-31(3)30-20(14)27/h4-5,10-11,13,32H,6-9H2,1-3H3,(H2,27,30)(H,29,33). The lowest BCUT2D eigenvalue weighted by Gasteiger charge is -2.38. The molecule has 10 heteroatoms. The lowest BCUT2D eigenvalue weighted by molar-refractivity contribution is -0.141. The molecule has 3 aromatic rings. The maximum atomic E-state index is 13.2. The number of anilines is 1. The number of hydrogen-bond donors (Lipinski definition) is 3. The Morgan fingerprint density at radius 3 is 2.55 bits per heavy atom. The summed E-state index contributed by atoms with van der Waals surface area (Å²) in [4.78, 5) is 16.5. The molecule has 4 N–H and O–H groups in total. The fraction of sp³-hybridized carbons (Fsp3) is 0.435. The lowest BCUT2D eigenvalue weighted by atomic mass is 9.73. The van der Waals surface area contributed by atoms with E-state index < -0.39 is 17.4 Å². The van der Waals surface area contributed by atoms with Gasteiger partial charge in [0.25, 0.3) is 5.91 Å². The maximum absolute atomic E-state index is 13.2. The van der Waals surface area contributed by atoms with Crippen LogP contribution in [0.15, 0.2) is 24.4 Å². The Labute approximate surface area is 188 Å². The molecule has 33 heavy (non-hydrogen) atoms. The van der Waals surface area contributed by atoms with E-state index in [1.165, 1.54) is 16.8 Å². The first kappa shape index (κ1) is 22.9. The number of pyridine rings is 1. The van der Waals surface area contributed by atoms with Crippen LogP contribution < -0.4 is 11.1 Å². The van der Waals surface area contributed by atoms with E-state index in [-0.39, 0.29) is 28.9 Å². The second kappa shape index (κ2) is 7.93. The Balaban J connectivity index is 1.58. The van der Waals surface area contributed by atoms with Gasteiger partial charge in [0.15, 0.2) is 5.82 Å². The number of phenols is 1. The summed E-state index contributed by atoms with van der Waals surface area (Å²) in [5, 5.41) is 18.2. The van der Waals surface area contributed by atoms with Crippen LogP contribution >= 0.6 is 0 Å². The average molecular weight is 461 g/mol. The highest BCUT2D eigenvalue weighted by Crippen LogP contribution is 2.45. The monoisotopic (exact) mass is 461 g/mol. The molecule has 1 amide bonds. The van der Waals surface area contributed by atoms with Crippen LogP contribution in [0.1, 0.15) is 65.7 Å². The quantitative estimate of drug-likeness (QED) is 0.535. The first-order valence-electron chi connectivity index (χ1n) is 10.7. The molecular weight excluding hydrogens is 435 g/mol. The average Bonchev–Trinajstić information content (AvgIpc) is 3.06. The number of aromatic hydroxyl groups is 1. The van der Waals surface area contributed by atoms with Gasteiger partial charge in [0.05, 0.1) is 5.52 Å². The van der Waals surface area contributed by atoms with Crippen molar-refractivity contribution in [3.05, 3.63) is 46.8 Å². The fourth-order valence-corrected chi connectivity index (χ4v) is 4.79. The van der Waals surface area contributed by atoms with Gasteiger partial charge in [-0.2, -0.15) is 18.3 Å². The minimum absolute atomic E-state index is 0.0490. The zero-order valence-corrected chi connectivity index (χ0v) is 18.6. The molecule has 1 aliphatic rings. The number of hydrogen-bond acceptors (Lipinski definition) is 5. The maximum Gasteiger partial charge on any atom is 0.433 e. The van der Waals surface area contributed by atoms with E-state index in [1.54, 1.807) is 20.2 Å². The molecule has 0 unspecified atom stereocenters. The number of alkyl halides is 3. The second-order valence-electron chi connectivity index (χ2n) is 9.11. The highest BCUT2D eigenvalue weighted by atomic mass is 19.4. The van der Waals surface area contributed by atoms with E-state index in [1.807, 2.05) is 6.92 Å². The first-order valence-corrected chi connectivity index (χ1v) is 10.7. The van der Waals surface area contributed by atoms with Gasteiger partial charge < -0.3 is 16.2 Å². The zero-order valence-electron chi connectivity index (χ0n) is 18.6. The van der Waals surface area contributed by atoms with E-state index in [9.17, 15) is 23.1 Å². The van der Waals surface area contributed by atoms with Crippen molar-refractivity contribution < 1.29 is 23.1 Å². The van der Waals surface area contributed by atoms with E-state index in [0.717, 1.165) is 6.07 Å². The summed E-state index contributed by atoms with van der Waals surface area (Å²) in [5.74, 6) is -0.157. The third-order valence-corrected chi connectivity index (χ3v) is 6.49. The highest BCUT2D eigenvalue weighted by molar-refractivity contribution is 5.98. The first-order chi connectivity index (χ1) is 15.4. The van der Waals surface area contributed by atoms with Crippen molar-refractivity contribution in [3.63, 3.8) is 0 Å². The van der Waals surface area contributed by atoms with Gasteiger partial charge in [-0.3, -0.25) is 9.48 Å². The molecule has 7 nitrogen and oxygen atoms in total. The molecule has 1 aromatic carbocycles. The SMILES string of the molecule is Cc1cc(C(F)(F)F)nc2ccc(O)c(C3CCC(C)(NC(=O)c4cn(C)nc4N)CC3)c12. The molecule has 4 rings (SSSR count). The number of halogens is 3. The second-order valence-corrected chi connectivity index (χ2v) is 9.11. The van der Waals surface area contributed by atoms with Gasteiger partial charge in [0.2, 0.25) is 0 Å². The van der Waals surface area contributed by atoms with Crippen molar-refractivity contribution in [2.75, 3.05) is 5.73 Å². The van der Waals surface area contributed by atoms with Gasteiger partial charge in [0, 0.05) is 29.7 Å². The summed E-state index contributed by atoms with van der Waals surface area (Å²) in [6, 6.07) is 3.85. The molecule has 176 valence electrons. The smallest absolute Gasteiger partial charge is 0.433 e. The Hall–Kier alpha value is -3.30. The number of nitrogens with zero attached hydrogens (tertiary/aromatic N) is 3. The number of nitrogen functional groups attached to an aromatic ring is 1.